The van der Waals surface area contributed by atoms with Crippen LogP contribution < -0.4 is 0 Å². The van der Waals surface area contributed by atoms with E-state index in [0.717, 1.165) is 17.4 Å². The second-order valence-electron chi connectivity index (χ2n) is 2.37. The van der Waals surface area contributed by atoms with Gasteiger partial charge in [-0.3, -0.25) is 4.79 Å². The van der Waals surface area contributed by atoms with E-state index in [-0.39, 0.29) is 0 Å². The molecule has 1 aromatic rings. The maximum absolute atomic E-state index is 10.00. The SMILES string of the molecule is C=Cc1ccc(/C=C\C=O)cc1. The number of carbonyl (C=O) groups excluding carboxylic acids is 1. The van der Waals surface area contributed by atoms with Crippen LogP contribution in [0.3, 0.4) is 0 Å². The van der Waals surface area contributed by atoms with Crippen LogP contribution in [0.4, 0.5) is 0 Å². The van der Waals surface area contributed by atoms with E-state index < -0.39 is 0 Å². The van der Waals surface area contributed by atoms with Gasteiger partial charge in [0, 0.05) is 0 Å². The van der Waals surface area contributed by atoms with Crippen LogP contribution in [0.2, 0.25) is 0 Å². The largest absolute Gasteiger partial charge is 0.299 e. The number of hydrogen-bond acceptors (Lipinski definition) is 1. The monoisotopic (exact) mass is 158 g/mol. The zero-order valence-electron chi connectivity index (χ0n) is 6.73. The second kappa shape index (κ2) is 4.29. The third-order valence-electron chi connectivity index (χ3n) is 1.54. The molecule has 1 rings (SSSR count). The Hall–Kier alpha value is -1.63. The summed E-state index contributed by atoms with van der Waals surface area (Å²) < 4.78 is 0. The molecule has 1 heteroatoms. The van der Waals surface area contributed by atoms with Crippen LogP contribution in [0, 0.1) is 0 Å². The molecule has 0 bridgehead atoms. The number of aldehydes is 1. The van der Waals surface area contributed by atoms with Gasteiger partial charge in [-0.1, -0.05) is 43.0 Å². The van der Waals surface area contributed by atoms with Crippen molar-refractivity contribution in [2.45, 2.75) is 0 Å². The van der Waals surface area contributed by atoms with E-state index in [2.05, 4.69) is 6.58 Å². The van der Waals surface area contributed by atoms with Crippen LogP contribution in [-0.4, -0.2) is 6.29 Å². The molecule has 0 saturated carbocycles. The van der Waals surface area contributed by atoms with Crippen molar-refractivity contribution in [2.24, 2.45) is 0 Å². The van der Waals surface area contributed by atoms with Crippen molar-refractivity contribution >= 4 is 18.4 Å². The minimum absolute atomic E-state index is 0.765. The minimum Gasteiger partial charge on any atom is -0.299 e. The molecule has 0 atom stereocenters. The molecule has 0 heterocycles. The predicted molar refractivity (Wildman–Crippen MR) is 51.6 cm³/mol. The van der Waals surface area contributed by atoms with E-state index in [1.807, 2.05) is 24.3 Å². The van der Waals surface area contributed by atoms with E-state index in [1.165, 1.54) is 6.08 Å². The third-order valence-corrected chi connectivity index (χ3v) is 1.54. The summed E-state index contributed by atoms with van der Waals surface area (Å²) in [7, 11) is 0. The summed E-state index contributed by atoms with van der Waals surface area (Å²) in [5.74, 6) is 0. The van der Waals surface area contributed by atoms with Crippen molar-refractivity contribution in [1.29, 1.82) is 0 Å². The quantitative estimate of drug-likeness (QED) is 0.488. The highest BCUT2D eigenvalue weighted by molar-refractivity contribution is 5.73. The molecular weight excluding hydrogens is 148 g/mol. The van der Waals surface area contributed by atoms with Gasteiger partial charge in [0.15, 0.2) is 0 Å². The number of hydrogen-bond donors (Lipinski definition) is 0. The van der Waals surface area contributed by atoms with Gasteiger partial charge < -0.3 is 0 Å². The van der Waals surface area contributed by atoms with Gasteiger partial charge in [-0.15, -0.1) is 0 Å². The Balaban J connectivity index is 2.84. The molecule has 0 aliphatic heterocycles. The van der Waals surface area contributed by atoms with Gasteiger partial charge in [-0.25, -0.2) is 0 Å². The van der Waals surface area contributed by atoms with Gasteiger partial charge in [0.05, 0.1) is 0 Å². The van der Waals surface area contributed by atoms with Crippen LogP contribution >= 0.6 is 0 Å². The molecule has 0 radical (unpaired) electrons. The molecule has 1 aromatic carbocycles. The smallest absolute Gasteiger partial charge is 0.142 e. The predicted octanol–water partition coefficient (Wildman–Crippen LogP) is 2.54. The number of rotatable bonds is 3. The summed E-state index contributed by atoms with van der Waals surface area (Å²) in [6, 6.07) is 7.79. The Kier molecular flexibility index (Phi) is 3.03. The number of allylic oxidation sites excluding steroid dienone is 1. The summed E-state index contributed by atoms with van der Waals surface area (Å²) in [6.07, 6.45) is 5.79. The molecule has 0 fully saturated rings. The van der Waals surface area contributed by atoms with E-state index in [0.29, 0.717) is 0 Å². The molecule has 0 saturated heterocycles. The van der Waals surface area contributed by atoms with Crippen molar-refractivity contribution in [3.8, 4) is 0 Å². The summed E-state index contributed by atoms with van der Waals surface area (Å²) in [4.78, 5) is 10.00. The average Bonchev–Trinajstić information content (AvgIpc) is 2.15. The molecule has 1 nitrogen and oxygen atoms in total. The Morgan fingerprint density at radius 2 is 1.67 bits per heavy atom. The molecule has 12 heavy (non-hydrogen) atoms. The normalized spacial score (nSPS) is 10.0. The zero-order chi connectivity index (χ0) is 8.81. The van der Waals surface area contributed by atoms with Crippen molar-refractivity contribution < 1.29 is 4.79 Å². The summed E-state index contributed by atoms with van der Waals surface area (Å²) in [5.41, 5.74) is 2.10. The van der Waals surface area contributed by atoms with Crippen LogP contribution in [0.25, 0.3) is 12.2 Å². The van der Waals surface area contributed by atoms with Crippen LogP contribution in [0.1, 0.15) is 11.1 Å². The fourth-order valence-electron chi connectivity index (χ4n) is 0.894. The number of carbonyl (C=O) groups is 1. The molecular formula is C11H10O. The highest BCUT2D eigenvalue weighted by Gasteiger charge is 1.85. The van der Waals surface area contributed by atoms with Gasteiger partial charge in [0.2, 0.25) is 0 Å². The highest BCUT2D eigenvalue weighted by Crippen LogP contribution is 2.06. The Morgan fingerprint density at radius 3 is 2.17 bits per heavy atom. The van der Waals surface area contributed by atoms with Crippen molar-refractivity contribution in [3.63, 3.8) is 0 Å². The maximum Gasteiger partial charge on any atom is 0.142 e. The van der Waals surface area contributed by atoms with Gasteiger partial charge >= 0.3 is 0 Å². The first-order valence-corrected chi connectivity index (χ1v) is 3.71. The first-order valence-electron chi connectivity index (χ1n) is 3.71. The molecule has 0 N–H and O–H groups in total. The zero-order valence-corrected chi connectivity index (χ0v) is 6.73. The Bertz CT molecular complexity index is 293. The maximum atomic E-state index is 10.00. The number of benzene rings is 1. The molecule has 0 aliphatic rings. The lowest BCUT2D eigenvalue weighted by molar-refractivity contribution is -0.104. The summed E-state index contributed by atoms with van der Waals surface area (Å²) in [5, 5.41) is 0. The lowest BCUT2D eigenvalue weighted by Gasteiger charge is -1.93. The van der Waals surface area contributed by atoms with Gasteiger partial charge in [0.25, 0.3) is 0 Å². The van der Waals surface area contributed by atoms with Gasteiger partial charge in [-0.05, 0) is 17.2 Å². The first-order chi connectivity index (χ1) is 5.86. The molecule has 60 valence electrons. The minimum atomic E-state index is 0.765. The molecule has 0 aliphatic carbocycles. The van der Waals surface area contributed by atoms with E-state index in [9.17, 15) is 4.79 Å². The Morgan fingerprint density at radius 1 is 1.08 bits per heavy atom. The van der Waals surface area contributed by atoms with Gasteiger partial charge in [0.1, 0.15) is 6.29 Å². The van der Waals surface area contributed by atoms with Crippen LogP contribution in [0.15, 0.2) is 36.9 Å². The standard InChI is InChI=1S/C11H10O/c1-2-10-5-7-11(8-6-10)4-3-9-12/h2-9H,1H2/b4-3-. The average molecular weight is 158 g/mol. The molecule has 0 unspecified atom stereocenters. The van der Waals surface area contributed by atoms with E-state index >= 15 is 0 Å². The van der Waals surface area contributed by atoms with Crippen LogP contribution in [-0.2, 0) is 4.79 Å². The second-order valence-corrected chi connectivity index (χ2v) is 2.37. The molecule has 0 amide bonds. The topological polar surface area (TPSA) is 17.1 Å². The van der Waals surface area contributed by atoms with E-state index in [1.54, 1.807) is 12.2 Å². The summed E-state index contributed by atoms with van der Waals surface area (Å²) in [6.45, 7) is 3.65. The highest BCUT2D eigenvalue weighted by atomic mass is 16.1. The Labute approximate surface area is 72.0 Å². The van der Waals surface area contributed by atoms with Crippen LogP contribution in [0.5, 0.6) is 0 Å². The van der Waals surface area contributed by atoms with Gasteiger partial charge in [-0.2, -0.15) is 0 Å². The molecule has 0 aromatic heterocycles. The fourth-order valence-corrected chi connectivity index (χ4v) is 0.894. The molecule has 0 spiro atoms. The van der Waals surface area contributed by atoms with E-state index in [4.69, 9.17) is 0 Å². The van der Waals surface area contributed by atoms with Crippen molar-refractivity contribution in [2.75, 3.05) is 0 Å². The lowest BCUT2D eigenvalue weighted by atomic mass is 10.1. The third kappa shape index (κ3) is 2.20. The van der Waals surface area contributed by atoms with Crippen molar-refractivity contribution in [1.82, 2.24) is 0 Å². The summed E-state index contributed by atoms with van der Waals surface area (Å²) >= 11 is 0. The first kappa shape index (κ1) is 8.47. The van der Waals surface area contributed by atoms with Crippen molar-refractivity contribution in [3.05, 3.63) is 48.0 Å². The lowest BCUT2D eigenvalue weighted by Crippen LogP contribution is -1.73. The fraction of sp³-hybridized carbons (Fsp3) is 0.